The van der Waals surface area contributed by atoms with Gasteiger partial charge in [-0.15, -0.1) is 0 Å². The molecule has 268 valence electrons. The van der Waals surface area contributed by atoms with Gasteiger partial charge < -0.3 is 19.3 Å². The SMILES string of the molecule is CCCCCCCCCCCCCCCCCCC(=O)OC(COC(=O)CCCCCCCCCCCCC)COP(=O)(O)O. The maximum absolute atomic E-state index is 12.3. The minimum absolute atomic E-state index is 0.220. The van der Waals surface area contributed by atoms with E-state index >= 15 is 0 Å². The Balaban J connectivity index is 3.91. The van der Waals surface area contributed by atoms with Gasteiger partial charge in [0.1, 0.15) is 6.61 Å². The molecule has 0 heterocycles. The van der Waals surface area contributed by atoms with Crippen molar-refractivity contribution in [2.24, 2.45) is 0 Å². The van der Waals surface area contributed by atoms with Crippen LogP contribution in [0.3, 0.4) is 0 Å². The van der Waals surface area contributed by atoms with Gasteiger partial charge in [-0.1, -0.05) is 174 Å². The van der Waals surface area contributed by atoms with Crippen LogP contribution in [0.2, 0.25) is 0 Å². The molecule has 0 aliphatic rings. The van der Waals surface area contributed by atoms with Crippen molar-refractivity contribution in [1.82, 2.24) is 0 Å². The minimum atomic E-state index is -4.74. The average Bonchev–Trinajstić information content (AvgIpc) is 3.00. The van der Waals surface area contributed by atoms with E-state index in [-0.39, 0.29) is 19.4 Å². The predicted octanol–water partition coefficient (Wildman–Crippen LogP) is 10.9. The summed E-state index contributed by atoms with van der Waals surface area (Å²) in [6.07, 6.45) is 32.5. The third-order valence-corrected chi connectivity index (χ3v) is 8.86. The first kappa shape index (κ1) is 44.0. The van der Waals surface area contributed by atoms with Gasteiger partial charge in [-0.2, -0.15) is 0 Å². The predicted molar refractivity (Wildman–Crippen MR) is 184 cm³/mol. The van der Waals surface area contributed by atoms with Crippen molar-refractivity contribution in [2.75, 3.05) is 13.2 Å². The van der Waals surface area contributed by atoms with Crippen LogP contribution in [-0.4, -0.2) is 41.0 Å². The smallest absolute Gasteiger partial charge is 0.462 e. The van der Waals surface area contributed by atoms with E-state index in [2.05, 4.69) is 18.4 Å². The molecule has 0 aromatic heterocycles. The van der Waals surface area contributed by atoms with E-state index in [0.29, 0.717) is 6.42 Å². The Kier molecular flexibility index (Phi) is 32.3. The number of ether oxygens (including phenoxy) is 2. The molecule has 0 bridgehead atoms. The quantitative estimate of drug-likeness (QED) is 0.0391. The van der Waals surface area contributed by atoms with E-state index in [1.165, 1.54) is 135 Å². The van der Waals surface area contributed by atoms with Crippen molar-refractivity contribution in [1.29, 1.82) is 0 Å². The zero-order valence-corrected chi connectivity index (χ0v) is 30.2. The number of phosphoric ester groups is 1. The highest BCUT2D eigenvalue weighted by molar-refractivity contribution is 7.46. The van der Waals surface area contributed by atoms with Gasteiger partial charge in [0.2, 0.25) is 0 Å². The van der Waals surface area contributed by atoms with Crippen LogP contribution in [0.1, 0.15) is 200 Å². The van der Waals surface area contributed by atoms with E-state index in [1.807, 2.05) is 0 Å². The summed E-state index contributed by atoms with van der Waals surface area (Å²) in [4.78, 5) is 42.6. The lowest BCUT2D eigenvalue weighted by molar-refractivity contribution is -0.161. The molecule has 0 rings (SSSR count). The summed E-state index contributed by atoms with van der Waals surface area (Å²) < 4.78 is 26.3. The topological polar surface area (TPSA) is 119 Å². The molecule has 1 atom stereocenters. The second-order valence-corrected chi connectivity index (χ2v) is 14.2. The Hall–Kier alpha value is -0.950. The van der Waals surface area contributed by atoms with Gasteiger partial charge in [0.05, 0.1) is 6.61 Å². The lowest BCUT2D eigenvalue weighted by atomic mass is 10.0. The highest BCUT2D eigenvalue weighted by Gasteiger charge is 2.22. The lowest BCUT2D eigenvalue weighted by Gasteiger charge is -2.18. The molecule has 0 amide bonds. The molecule has 9 heteroatoms. The lowest BCUT2D eigenvalue weighted by Crippen LogP contribution is -2.29. The number of carbonyl (C=O) groups excluding carboxylic acids is 2. The molecule has 0 spiro atoms. The van der Waals surface area contributed by atoms with Crippen LogP contribution in [0.4, 0.5) is 0 Å². The molecule has 0 aliphatic carbocycles. The van der Waals surface area contributed by atoms with Crippen molar-refractivity contribution in [3.05, 3.63) is 0 Å². The number of hydrogen-bond acceptors (Lipinski definition) is 6. The minimum Gasteiger partial charge on any atom is -0.462 e. The zero-order chi connectivity index (χ0) is 33.3. The fraction of sp³-hybridized carbons (Fsp3) is 0.944. The fourth-order valence-electron chi connectivity index (χ4n) is 5.55. The van der Waals surface area contributed by atoms with Gasteiger partial charge in [-0.25, -0.2) is 4.57 Å². The molecule has 0 saturated carbocycles. The van der Waals surface area contributed by atoms with Gasteiger partial charge in [-0.3, -0.25) is 14.1 Å². The number of rotatable bonds is 35. The highest BCUT2D eigenvalue weighted by atomic mass is 31.2. The normalized spacial score (nSPS) is 12.4. The summed E-state index contributed by atoms with van der Waals surface area (Å²) in [7, 11) is -4.74. The first-order valence-electron chi connectivity index (χ1n) is 18.8. The molecule has 0 radical (unpaired) electrons. The zero-order valence-electron chi connectivity index (χ0n) is 29.3. The summed E-state index contributed by atoms with van der Waals surface area (Å²) in [5.74, 6) is -0.873. The maximum Gasteiger partial charge on any atom is 0.469 e. The molecule has 0 aliphatic heterocycles. The third-order valence-electron chi connectivity index (χ3n) is 8.38. The summed E-state index contributed by atoms with van der Waals surface area (Å²) >= 11 is 0. The van der Waals surface area contributed by atoms with Crippen molar-refractivity contribution < 1.29 is 37.9 Å². The number of phosphoric acid groups is 1. The average molecular weight is 663 g/mol. The van der Waals surface area contributed by atoms with Gasteiger partial charge >= 0.3 is 19.8 Å². The molecule has 2 N–H and O–H groups in total. The first-order chi connectivity index (χ1) is 21.8. The van der Waals surface area contributed by atoms with Crippen LogP contribution in [0, 0.1) is 0 Å². The van der Waals surface area contributed by atoms with Gasteiger partial charge in [-0.05, 0) is 12.8 Å². The number of hydrogen-bond donors (Lipinski definition) is 2. The van der Waals surface area contributed by atoms with E-state index < -0.39 is 32.5 Å². The van der Waals surface area contributed by atoms with Crippen molar-refractivity contribution in [3.8, 4) is 0 Å². The van der Waals surface area contributed by atoms with E-state index in [1.54, 1.807) is 0 Å². The largest absolute Gasteiger partial charge is 0.469 e. The van der Waals surface area contributed by atoms with Crippen molar-refractivity contribution in [2.45, 2.75) is 206 Å². The number of unbranched alkanes of at least 4 members (excludes halogenated alkanes) is 25. The van der Waals surface area contributed by atoms with E-state index in [9.17, 15) is 14.2 Å². The summed E-state index contributed by atoms with van der Waals surface area (Å²) in [6, 6.07) is 0. The molecule has 0 fully saturated rings. The summed E-state index contributed by atoms with van der Waals surface area (Å²) in [6.45, 7) is 3.68. The summed E-state index contributed by atoms with van der Waals surface area (Å²) in [5.41, 5.74) is 0. The third kappa shape index (κ3) is 35.7. The molecular weight excluding hydrogens is 591 g/mol. The van der Waals surface area contributed by atoms with Crippen LogP contribution >= 0.6 is 7.82 Å². The Morgan fingerprint density at radius 3 is 1.13 bits per heavy atom. The van der Waals surface area contributed by atoms with E-state index in [0.717, 1.165) is 32.1 Å². The molecule has 8 nitrogen and oxygen atoms in total. The molecule has 45 heavy (non-hydrogen) atoms. The van der Waals surface area contributed by atoms with Gasteiger partial charge in [0, 0.05) is 12.8 Å². The van der Waals surface area contributed by atoms with Gasteiger partial charge in [0.25, 0.3) is 0 Å². The standard InChI is InChI=1S/C36H71O8P/c1-3-5-7-9-11-13-15-16-17-18-19-21-23-25-27-29-31-36(38)44-34(33-43-45(39,40)41)32-42-35(37)30-28-26-24-22-20-14-12-10-8-6-4-2/h34H,3-33H2,1-2H3,(H2,39,40,41). The molecule has 0 aromatic carbocycles. The van der Waals surface area contributed by atoms with Crippen LogP contribution in [0.25, 0.3) is 0 Å². The first-order valence-corrected chi connectivity index (χ1v) is 20.4. The van der Waals surface area contributed by atoms with Crippen molar-refractivity contribution in [3.63, 3.8) is 0 Å². The van der Waals surface area contributed by atoms with Crippen LogP contribution in [0.15, 0.2) is 0 Å². The summed E-state index contributed by atoms with van der Waals surface area (Å²) in [5, 5.41) is 0. The Morgan fingerprint density at radius 2 is 0.800 bits per heavy atom. The van der Waals surface area contributed by atoms with Crippen LogP contribution in [-0.2, 0) is 28.2 Å². The molecule has 0 saturated heterocycles. The number of carbonyl (C=O) groups is 2. The highest BCUT2D eigenvalue weighted by Crippen LogP contribution is 2.36. The van der Waals surface area contributed by atoms with Crippen LogP contribution in [0.5, 0.6) is 0 Å². The number of esters is 2. The second-order valence-electron chi connectivity index (χ2n) is 12.9. The Labute approximate surface area is 276 Å². The maximum atomic E-state index is 12.3. The van der Waals surface area contributed by atoms with E-state index in [4.69, 9.17) is 19.3 Å². The van der Waals surface area contributed by atoms with Gasteiger partial charge in [0.15, 0.2) is 6.10 Å². The molecule has 0 aromatic rings. The van der Waals surface area contributed by atoms with Crippen molar-refractivity contribution >= 4 is 19.8 Å². The monoisotopic (exact) mass is 662 g/mol. The second kappa shape index (κ2) is 33.0. The Morgan fingerprint density at radius 1 is 0.489 bits per heavy atom. The van der Waals surface area contributed by atoms with Crippen LogP contribution < -0.4 is 0 Å². The Bertz CT molecular complexity index is 711. The molecular formula is C36H71O8P. The fourth-order valence-corrected chi connectivity index (χ4v) is 5.91. The molecule has 1 unspecified atom stereocenters.